The average molecular weight is 209 g/mol. The number of carbonyl (C=O) groups excluding carboxylic acids is 1. The lowest BCUT2D eigenvalue weighted by Gasteiger charge is -2.13. The highest BCUT2D eigenvalue weighted by Gasteiger charge is 2.41. The molecule has 84 valence electrons. The summed E-state index contributed by atoms with van der Waals surface area (Å²) in [6.45, 7) is 1.59. The largest absolute Gasteiger partial charge is 0.349 e. The number of hydrogen-bond acceptors (Lipinski definition) is 3. The topological polar surface area (TPSA) is 56.1 Å². The summed E-state index contributed by atoms with van der Waals surface area (Å²) in [6.07, 6.45) is 3.47. The third-order valence-electron chi connectivity index (χ3n) is 2.93. The molecule has 0 spiro atoms. The van der Waals surface area contributed by atoms with Crippen LogP contribution in [0.5, 0.6) is 0 Å². The van der Waals surface area contributed by atoms with Gasteiger partial charge in [-0.05, 0) is 18.3 Å². The van der Waals surface area contributed by atoms with Gasteiger partial charge in [-0.1, -0.05) is 0 Å². The first kappa shape index (κ1) is 12.0. The Labute approximate surface area is 91.2 Å². The van der Waals surface area contributed by atoms with E-state index in [4.69, 9.17) is 5.26 Å². The average Bonchev–Trinajstić information content (AvgIpc) is 2.93. The van der Waals surface area contributed by atoms with Crippen LogP contribution in [-0.2, 0) is 4.79 Å². The lowest BCUT2D eigenvalue weighted by atomic mass is 10.0. The van der Waals surface area contributed by atoms with E-state index < -0.39 is 0 Å². The number of nitrogens with one attached hydrogen (secondary N) is 1. The molecule has 1 fully saturated rings. The van der Waals surface area contributed by atoms with E-state index in [-0.39, 0.29) is 11.3 Å². The Balaban J connectivity index is 2.07. The Bertz CT molecular complexity index is 263. The lowest BCUT2D eigenvalue weighted by Crippen LogP contribution is -2.29. The summed E-state index contributed by atoms with van der Waals surface area (Å²) in [4.78, 5) is 12.8. The van der Waals surface area contributed by atoms with Crippen LogP contribution in [0, 0.1) is 16.7 Å². The minimum absolute atomic E-state index is 0.146. The molecule has 1 rings (SSSR count). The van der Waals surface area contributed by atoms with E-state index in [0.29, 0.717) is 19.4 Å². The zero-order chi connectivity index (χ0) is 11.3. The van der Waals surface area contributed by atoms with E-state index in [1.807, 2.05) is 0 Å². The Kier molecular flexibility index (Phi) is 4.10. The van der Waals surface area contributed by atoms with Gasteiger partial charge in [0, 0.05) is 40.0 Å². The molecule has 1 amide bonds. The summed E-state index contributed by atoms with van der Waals surface area (Å²) in [5.41, 5.74) is 0.232. The maximum absolute atomic E-state index is 11.2. The van der Waals surface area contributed by atoms with E-state index in [0.717, 1.165) is 19.4 Å². The molecule has 0 aromatic rings. The summed E-state index contributed by atoms with van der Waals surface area (Å²) in [5, 5.41) is 11.9. The zero-order valence-corrected chi connectivity index (χ0v) is 9.55. The molecule has 0 unspecified atom stereocenters. The van der Waals surface area contributed by atoms with Gasteiger partial charge in [0.1, 0.15) is 0 Å². The van der Waals surface area contributed by atoms with Crippen molar-refractivity contribution in [3.05, 3.63) is 0 Å². The second-order valence-electron chi connectivity index (χ2n) is 4.55. The van der Waals surface area contributed by atoms with E-state index in [9.17, 15) is 4.79 Å². The van der Waals surface area contributed by atoms with E-state index in [1.54, 1.807) is 19.0 Å². The van der Waals surface area contributed by atoms with Crippen LogP contribution in [0.1, 0.15) is 25.7 Å². The summed E-state index contributed by atoms with van der Waals surface area (Å²) in [6, 6.07) is 2.22. The van der Waals surface area contributed by atoms with Crippen LogP contribution in [0.2, 0.25) is 0 Å². The molecule has 0 aliphatic heterocycles. The fraction of sp³-hybridized carbons (Fsp3) is 0.818. The second kappa shape index (κ2) is 5.13. The number of rotatable bonds is 6. The third kappa shape index (κ3) is 3.88. The molecule has 0 bridgehead atoms. The van der Waals surface area contributed by atoms with Gasteiger partial charge in [0.25, 0.3) is 0 Å². The molecule has 1 saturated carbocycles. The van der Waals surface area contributed by atoms with Crippen molar-refractivity contribution in [2.45, 2.75) is 25.7 Å². The Morgan fingerprint density at radius 1 is 1.53 bits per heavy atom. The zero-order valence-electron chi connectivity index (χ0n) is 9.55. The highest BCUT2D eigenvalue weighted by Crippen LogP contribution is 2.47. The van der Waals surface area contributed by atoms with E-state index in [2.05, 4.69) is 11.4 Å². The maximum Gasteiger partial charge on any atom is 0.223 e. The van der Waals surface area contributed by atoms with Gasteiger partial charge in [0.2, 0.25) is 5.91 Å². The van der Waals surface area contributed by atoms with Crippen molar-refractivity contribution in [1.29, 1.82) is 5.26 Å². The van der Waals surface area contributed by atoms with Gasteiger partial charge < -0.3 is 10.2 Å². The quantitative estimate of drug-likeness (QED) is 0.657. The number of amides is 1. The van der Waals surface area contributed by atoms with Crippen molar-refractivity contribution in [2.75, 3.05) is 27.2 Å². The molecule has 0 radical (unpaired) electrons. The predicted octanol–water partition coefficient (Wildman–Crippen LogP) is 0.748. The molecule has 1 aliphatic rings. The van der Waals surface area contributed by atoms with Crippen molar-refractivity contribution in [3.63, 3.8) is 0 Å². The summed E-state index contributed by atoms with van der Waals surface area (Å²) in [7, 11) is 3.53. The lowest BCUT2D eigenvalue weighted by molar-refractivity contribution is -0.128. The van der Waals surface area contributed by atoms with E-state index >= 15 is 0 Å². The Hall–Kier alpha value is -1.08. The third-order valence-corrected chi connectivity index (χ3v) is 2.93. The van der Waals surface area contributed by atoms with Crippen LogP contribution < -0.4 is 5.32 Å². The van der Waals surface area contributed by atoms with Gasteiger partial charge in [-0.3, -0.25) is 4.79 Å². The predicted molar refractivity (Wildman–Crippen MR) is 58.1 cm³/mol. The first-order valence-corrected chi connectivity index (χ1v) is 5.37. The highest BCUT2D eigenvalue weighted by atomic mass is 16.2. The summed E-state index contributed by atoms with van der Waals surface area (Å²) >= 11 is 0. The summed E-state index contributed by atoms with van der Waals surface area (Å²) in [5.74, 6) is 0.146. The molecule has 1 aliphatic carbocycles. The number of carbonyl (C=O) groups is 1. The van der Waals surface area contributed by atoms with Crippen LogP contribution in [0.25, 0.3) is 0 Å². The fourth-order valence-electron chi connectivity index (χ4n) is 1.53. The van der Waals surface area contributed by atoms with Gasteiger partial charge in [-0.15, -0.1) is 0 Å². The number of nitriles is 1. The monoisotopic (exact) mass is 209 g/mol. The van der Waals surface area contributed by atoms with Gasteiger partial charge >= 0.3 is 0 Å². The normalized spacial score (nSPS) is 16.9. The molecule has 4 heteroatoms. The molecular formula is C11H19N3O. The molecule has 1 N–H and O–H groups in total. The Morgan fingerprint density at radius 2 is 2.20 bits per heavy atom. The minimum Gasteiger partial charge on any atom is -0.349 e. The smallest absolute Gasteiger partial charge is 0.223 e. The number of hydrogen-bond donors (Lipinski definition) is 1. The highest BCUT2D eigenvalue weighted by molar-refractivity contribution is 5.75. The molecule has 4 nitrogen and oxygen atoms in total. The first-order chi connectivity index (χ1) is 7.09. The van der Waals surface area contributed by atoms with Crippen LogP contribution >= 0.6 is 0 Å². The van der Waals surface area contributed by atoms with Crippen molar-refractivity contribution in [1.82, 2.24) is 10.2 Å². The standard InChI is InChI=1S/C11H19N3O/c1-14(2)10(15)3-8-13-9-11(4-5-11)6-7-12/h13H,3-6,8-9H2,1-2H3. The molecule has 0 aromatic carbocycles. The maximum atomic E-state index is 11.2. The Morgan fingerprint density at radius 3 is 2.67 bits per heavy atom. The minimum atomic E-state index is 0.146. The molecule has 0 saturated heterocycles. The van der Waals surface area contributed by atoms with Crippen LogP contribution in [0.4, 0.5) is 0 Å². The van der Waals surface area contributed by atoms with Crippen molar-refractivity contribution in [3.8, 4) is 6.07 Å². The molecule has 0 aromatic heterocycles. The summed E-state index contributed by atoms with van der Waals surface area (Å²) < 4.78 is 0. The van der Waals surface area contributed by atoms with Crippen LogP contribution in [-0.4, -0.2) is 38.0 Å². The van der Waals surface area contributed by atoms with Crippen LogP contribution in [0.3, 0.4) is 0 Å². The van der Waals surface area contributed by atoms with Gasteiger partial charge in [-0.2, -0.15) is 5.26 Å². The molecule has 0 atom stereocenters. The fourth-order valence-corrected chi connectivity index (χ4v) is 1.53. The van der Waals surface area contributed by atoms with Gasteiger partial charge in [-0.25, -0.2) is 0 Å². The van der Waals surface area contributed by atoms with Gasteiger partial charge in [0.15, 0.2) is 0 Å². The molecular weight excluding hydrogens is 190 g/mol. The van der Waals surface area contributed by atoms with Gasteiger partial charge in [0.05, 0.1) is 6.07 Å². The van der Waals surface area contributed by atoms with Crippen molar-refractivity contribution in [2.24, 2.45) is 5.41 Å². The molecule has 15 heavy (non-hydrogen) atoms. The van der Waals surface area contributed by atoms with Crippen molar-refractivity contribution < 1.29 is 4.79 Å². The van der Waals surface area contributed by atoms with Crippen LogP contribution in [0.15, 0.2) is 0 Å². The van der Waals surface area contributed by atoms with Crippen molar-refractivity contribution >= 4 is 5.91 Å². The number of nitrogens with zero attached hydrogens (tertiary/aromatic N) is 2. The SMILES string of the molecule is CN(C)C(=O)CCNCC1(CC#N)CC1. The van der Waals surface area contributed by atoms with E-state index in [1.165, 1.54) is 0 Å². The first-order valence-electron chi connectivity index (χ1n) is 5.37. The second-order valence-corrected chi connectivity index (χ2v) is 4.55. The molecule has 0 heterocycles.